The third-order valence-corrected chi connectivity index (χ3v) is 9.98. The Morgan fingerprint density at radius 3 is 2.21 bits per heavy atom. The largest absolute Gasteiger partial charge is 0.456 e. The van der Waals surface area contributed by atoms with E-state index in [1.165, 1.54) is 6.92 Å². The summed E-state index contributed by atoms with van der Waals surface area (Å²) in [7, 11) is 0. The molecule has 2 unspecified atom stereocenters. The van der Waals surface area contributed by atoms with Crippen LogP contribution in [0, 0.1) is 28.6 Å². The van der Waals surface area contributed by atoms with Gasteiger partial charge in [-0.05, 0) is 62.7 Å². The third-order valence-electron chi connectivity index (χ3n) is 9.98. The quantitative estimate of drug-likeness (QED) is 0.494. The Bertz CT molecular complexity index is 768. The fourth-order valence-electron chi connectivity index (χ4n) is 8.26. The Kier molecular flexibility index (Phi) is 3.72. The van der Waals surface area contributed by atoms with Gasteiger partial charge in [0.05, 0.1) is 0 Å². The van der Waals surface area contributed by atoms with E-state index >= 15 is 0 Å². The lowest BCUT2D eigenvalue weighted by Gasteiger charge is -2.60. The molecular weight excluding hydrogens is 395 g/mol. The van der Waals surface area contributed by atoms with Gasteiger partial charge in [0.2, 0.25) is 0 Å². The Balaban J connectivity index is 1.49. The predicted octanol–water partition coefficient (Wildman–Crippen LogP) is 4.66. The number of hydrogen-bond acceptors (Lipinski definition) is 3. The second-order valence-corrected chi connectivity index (χ2v) is 10.6. The highest BCUT2D eigenvalue weighted by Crippen LogP contribution is 2.74. The van der Waals surface area contributed by atoms with E-state index in [9.17, 15) is 31.9 Å². The maximum atomic E-state index is 14.5. The minimum Gasteiger partial charge on any atom is -0.383 e. The molecule has 0 aromatic rings. The van der Waals surface area contributed by atoms with Gasteiger partial charge in [-0.1, -0.05) is 13.8 Å². The molecule has 0 amide bonds. The zero-order chi connectivity index (χ0) is 21.3. The fourth-order valence-corrected chi connectivity index (χ4v) is 8.26. The van der Waals surface area contributed by atoms with E-state index in [1.807, 2.05) is 0 Å². The summed E-state index contributed by atoms with van der Waals surface area (Å²) in [6, 6.07) is 0. The Hall–Kier alpha value is -0.760. The summed E-state index contributed by atoms with van der Waals surface area (Å²) in [5.41, 5.74) is -5.29. The van der Waals surface area contributed by atoms with Crippen LogP contribution in [0.1, 0.15) is 65.2 Å². The number of epoxide rings is 1. The van der Waals surface area contributed by atoms with Gasteiger partial charge in [0.25, 0.3) is 0 Å². The minimum atomic E-state index is -5.78. The number of halogens is 5. The lowest BCUT2D eigenvalue weighted by molar-refractivity contribution is -0.364. The summed E-state index contributed by atoms with van der Waals surface area (Å²) in [4.78, 5) is 12.2. The molecule has 3 nitrogen and oxygen atoms in total. The smallest absolute Gasteiger partial charge is 0.383 e. The number of ketones is 1. The van der Waals surface area contributed by atoms with Gasteiger partial charge >= 0.3 is 12.1 Å². The molecule has 1 N–H and O–H groups in total. The van der Waals surface area contributed by atoms with Crippen molar-refractivity contribution in [1.29, 1.82) is 0 Å². The molecule has 29 heavy (non-hydrogen) atoms. The zero-order valence-electron chi connectivity index (χ0n) is 16.6. The molecule has 5 rings (SSSR count). The highest BCUT2D eigenvalue weighted by Gasteiger charge is 2.81. The van der Waals surface area contributed by atoms with Crippen molar-refractivity contribution < 1.29 is 36.6 Å². The molecule has 8 atom stereocenters. The van der Waals surface area contributed by atoms with Crippen LogP contribution in [0.2, 0.25) is 0 Å². The van der Waals surface area contributed by atoms with Gasteiger partial charge in [-0.2, -0.15) is 22.0 Å². The topological polar surface area (TPSA) is 49.8 Å². The van der Waals surface area contributed by atoms with Crippen LogP contribution in [-0.2, 0) is 9.53 Å². The average Bonchev–Trinajstić information content (AvgIpc) is 3.31. The average molecular weight is 422 g/mol. The Labute approximate surface area is 166 Å². The summed E-state index contributed by atoms with van der Waals surface area (Å²) in [6.07, 6.45) is -3.50. The summed E-state index contributed by atoms with van der Waals surface area (Å²) in [5, 5.41) is 10.9. The number of alkyl halides is 5. The Morgan fingerprint density at radius 2 is 1.55 bits per heavy atom. The van der Waals surface area contributed by atoms with Crippen LogP contribution < -0.4 is 0 Å². The molecule has 5 aliphatic rings. The zero-order valence-corrected chi connectivity index (χ0v) is 16.6. The van der Waals surface area contributed by atoms with Crippen molar-refractivity contribution in [3.8, 4) is 0 Å². The first-order chi connectivity index (χ1) is 13.3. The van der Waals surface area contributed by atoms with Crippen molar-refractivity contribution in [2.24, 2.45) is 28.6 Å². The number of carbonyl (C=O) groups excluding carboxylic acids is 1. The van der Waals surface area contributed by atoms with Crippen LogP contribution in [0.5, 0.6) is 0 Å². The number of rotatable bonds is 1. The molecule has 0 bridgehead atoms. The van der Waals surface area contributed by atoms with E-state index in [0.717, 1.165) is 0 Å². The summed E-state index contributed by atoms with van der Waals surface area (Å²) in [6.45, 7) is 3.55. The molecule has 1 aliphatic heterocycles. The molecular formula is C21H27F5O3. The molecule has 0 aromatic heterocycles. The first kappa shape index (κ1) is 20.2. The number of aliphatic hydroxyl groups is 1. The molecule has 164 valence electrons. The standard InChI is InChI=1S/C21H27F5O3/c1-16-8-6-14(27)15-18(16,29-15)9-3-11-12(16)4-7-17(2)13(11)5-10-19(17,28)20(22,23)21(24,25)26/h11-13,15,28H,3-10H2,1-2H3/t11-,12+,13+,15?,16-,17+,18?,19+/m1/s1. The fraction of sp³-hybridized carbons (Fsp3) is 0.952. The van der Waals surface area contributed by atoms with Gasteiger partial charge < -0.3 is 9.84 Å². The van der Waals surface area contributed by atoms with Gasteiger partial charge in [-0.15, -0.1) is 0 Å². The normalized spacial score (nSPS) is 54.3. The lowest BCUT2D eigenvalue weighted by atomic mass is 9.44. The highest BCUT2D eigenvalue weighted by atomic mass is 19.4. The second kappa shape index (κ2) is 5.34. The van der Waals surface area contributed by atoms with Crippen molar-refractivity contribution >= 4 is 5.78 Å². The molecule has 0 aromatic carbocycles. The highest BCUT2D eigenvalue weighted by molar-refractivity contribution is 5.88. The SMILES string of the molecule is C[C@]12CC[C@H]3[C@@H](CCC45OC4C(=O)CC[C@]35C)[C@@H]1CC[C@@]2(O)C(F)(F)C(F)(F)F. The van der Waals surface area contributed by atoms with Crippen molar-refractivity contribution in [1.82, 2.24) is 0 Å². The van der Waals surface area contributed by atoms with Crippen LogP contribution >= 0.6 is 0 Å². The maximum Gasteiger partial charge on any atom is 0.456 e. The van der Waals surface area contributed by atoms with E-state index in [4.69, 9.17) is 4.74 Å². The van der Waals surface area contributed by atoms with Gasteiger partial charge in [-0.25, -0.2) is 0 Å². The molecule has 4 aliphatic carbocycles. The van der Waals surface area contributed by atoms with Crippen molar-refractivity contribution in [3.05, 3.63) is 0 Å². The molecule has 8 heteroatoms. The van der Waals surface area contributed by atoms with Crippen molar-refractivity contribution in [3.63, 3.8) is 0 Å². The van der Waals surface area contributed by atoms with Crippen LogP contribution in [0.25, 0.3) is 0 Å². The number of ether oxygens (including phenoxy) is 1. The number of fused-ring (bicyclic) bond motifs is 4. The van der Waals surface area contributed by atoms with Crippen LogP contribution in [0.3, 0.4) is 0 Å². The lowest BCUT2D eigenvalue weighted by Crippen LogP contribution is -2.66. The van der Waals surface area contributed by atoms with Crippen molar-refractivity contribution in [2.75, 3.05) is 0 Å². The molecule has 4 saturated carbocycles. The summed E-state index contributed by atoms with van der Waals surface area (Å²) < 4.78 is 74.5. The molecule has 1 saturated heterocycles. The first-order valence-corrected chi connectivity index (χ1v) is 10.6. The first-order valence-electron chi connectivity index (χ1n) is 10.6. The monoisotopic (exact) mass is 422 g/mol. The van der Waals surface area contributed by atoms with Gasteiger partial charge in [0.15, 0.2) is 5.78 Å². The molecule has 5 fully saturated rings. The second-order valence-electron chi connectivity index (χ2n) is 10.6. The van der Waals surface area contributed by atoms with Gasteiger partial charge in [0, 0.05) is 17.3 Å². The number of Topliss-reactive ketones (excluding diaryl/α,β-unsaturated/α-hetero) is 1. The van der Waals surface area contributed by atoms with E-state index in [1.54, 1.807) is 0 Å². The maximum absolute atomic E-state index is 14.5. The predicted molar refractivity (Wildman–Crippen MR) is 92.2 cm³/mol. The van der Waals surface area contributed by atoms with Crippen LogP contribution in [0.15, 0.2) is 0 Å². The summed E-state index contributed by atoms with van der Waals surface area (Å²) in [5.74, 6) is -5.31. The van der Waals surface area contributed by atoms with E-state index < -0.39 is 35.1 Å². The minimum absolute atomic E-state index is 0.0273. The molecule has 1 heterocycles. The van der Waals surface area contributed by atoms with E-state index in [0.29, 0.717) is 32.1 Å². The number of hydrogen-bond donors (Lipinski definition) is 1. The third kappa shape index (κ3) is 2.04. The number of carbonyl (C=O) groups is 1. The molecule has 1 spiro atoms. The van der Waals surface area contributed by atoms with Gasteiger partial charge in [0.1, 0.15) is 17.3 Å². The summed E-state index contributed by atoms with van der Waals surface area (Å²) >= 11 is 0. The van der Waals surface area contributed by atoms with Crippen molar-refractivity contribution in [2.45, 2.75) is 94.6 Å². The van der Waals surface area contributed by atoms with Crippen LogP contribution in [0.4, 0.5) is 22.0 Å². The van der Waals surface area contributed by atoms with E-state index in [2.05, 4.69) is 6.92 Å². The Morgan fingerprint density at radius 1 is 0.931 bits per heavy atom. The van der Waals surface area contributed by atoms with Crippen LogP contribution in [-0.4, -0.2) is 40.3 Å². The molecule has 0 radical (unpaired) electrons. The van der Waals surface area contributed by atoms with E-state index in [-0.39, 0.29) is 47.9 Å². The van der Waals surface area contributed by atoms with Gasteiger partial charge in [-0.3, -0.25) is 4.79 Å².